The van der Waals surface area contributed by atoms with E-state index in [0.29, 0.717) is 0 Å². The van der Waals surface area contributed by atoms with Crippen molar-refractivity contribution in [3.63, 3.8) is 0 Å². The van der Waals surface area contributed by atoms with E-state index in [1.54, 1.807) is 0 Å². The number of aliphatic imine (C=N–C) groups is 1. The average molecular weight is 435 g/mol. The Labute approximate surface area is 189 Å². The number of nitrogens with zero attached hydrogens (tertiary/aromatic N) is 2. The monoisotopic (exact) mass is 434 g/mol. The first kappa shape index (κ1) is 26.4. The molecular formula is C25H41ClN3O+. The first-order valence-electron chi connectivity index (χ1n) is 11.1. The van der Waals surface area contributed by atoms with E-state index in [1.807, 2.05) is 45.3 Å². The van der Waals surface area contributed by atoms with Gasteiger partial charge in [0.25, 0.3) is 0 Å². The first-order valence-corrected chi connectivity index (χ1v) is 11.5. The zero-order chi connectivity index (χ0) is 22.6. The fourth-order valence-corrected chi connectivity index (χ4v) is 4.10. The Morgan fingerprint density at radius 1 is 1.27 bits per heavy atom. The molecule has 2 unspecified atom stereocenters. The van der Waals surface area contributed by atoms with Crippen LogP contribution in [0.25, 0.3) is 0 Å². The van der Waals surface area contributed by atoms with E-state index in [9.17, 15) is 0 Å². The second-order valence-electron chi connectivity index (χ2n) is 8.05. The summed E-state index contributed by atoms with van der Waals surface area (Å²) in [5, 5.41) is 0.781. The molecule has 2 aliphatic heterocycles. The Bertz CT molecular complexity index is 726. The summed E-state index contributed by atoms with van der Waals surface area (Å²) in [6, 6.07) is 6.43. The predicted octanol–water partition coefficient (Wildman–Crippen LogP) is 6.20. The van der Waals surface area contributed by atoms with Crippen molar-refractivity contribution in [3.05, 3.63) is 57.9 Å². The molecule has 0 aliphatic carbocycles. The fourth-order valence-electron chi connectivity index (χ4n) is 3.88. The summed E-state index contributed by atoms with van der Waals surface area (Å²) in [5.74, 6) is 0. The van der Waals surface area contributed by atoms with Crippen LogP contribution in [0.15, 0.2) is 46.7 Å². The lowest BCUT2D eigenvalue weighted by Gasteiger charge is -2.42. The smallest absolute Gasteiger partial charge is 0.138 e. The maximum Gasteiger partial charge on any atom is 0.138 e. The number of ether oxygens (including phenoxy) is 1. The second-order valence-corrected chi connectivity index (χ2v) is 8.49. The molecule has 0 bridgehead atoms. The molecule has 0 radical (unpaired) electrons. The predicted molar refractivity (Wildman–Crippen MR) is 131 cm³/mol. The van der Waals surface area contributed by atoms with E-state index in [2.05, 4.69) is 38.0 Å². The van der Waals surface area contributed by atoms with Gasteiger partial charge in [0.2, 0.25) is 0 Å². The third kappa shape index (κ3) is 8.25. The van der Waals surface area contributed by atoms with Gasteiger partial charge >= 0.3 is 0 Å². The van der Waals surface area contributed by atoms with Crippen LogP contribution in [0.1, 0.15) is 64.1 Å². The Balaban J connectivity index is 0.000000550. The lowest BCUT2D eigenvalue weighted by Crippen LogP contribution is -2.49. The molecule has 2 N–H and O–H groups in total. The summed E-state index contributed by atoms with van der Waals surface area (Å²) in [6.45, 7) is 14.2. The lowest BCUT2D eigenvalue weighted by atomic mass is 9.92. The van der Waals surface area contributed by atoms with Crippen LogP contribution in [0.5, 0.6) is 0 Å². The van der Waals surface area contributed by atoms with Crippen LogP contribution in [0, 0.1) is 6.92 Å². The molecule has 30 heavy (non-hydrogen) atoms. The molecule has 4 nitrogen and oxygen atoms in total. The Morgan fingerprint density at radius 2 is 1.93 bits per heavy atom. The number of hydrogen-bond acceptors (Lipinski definition) is 3. The molecule has 2 atom stereocenters. The van der Waals surface area contributed by atoms with Crippen molar-refractivity contribution >= 4 is 17.8 Å². The lowest BCUT2D eigenvalue weighted by molar-refractivity contribution is -0.928. The van der Waals surface area contributed by atoms with Crippen LogP contribution in [0.4, 0.5) is 0 Å². The number of nitrogens with two attached hydrogens (primary N) is 1. The molecule has 1 aromatic carbocycles. The molecule has 2 heterocycles. The van der Waals surface area contributed by atoms with E-state index in [0.717, 1.165) is 47.9 Å². The highest BCUT2D eigenvalue weighted by atomic mass is 35.5. The van der Waals surface area contributed by atoms with Crippen molar-refractivity contribution in [1.29, 1.82) is 0 Å². The Kier molecular flexibility index (Phi) is 12.0. The zero-order valence-electron chi connectivity index (χ0n) is 19.7. The molecule has 1 fully saturated rings. The SMILES string of the molecule is C/C(N)=C\C[N+]1(C)CCC=N/C=C(\C)C1c1ccc(Cl)cc1C.C1CCOC1.CC. The van der Waals surface area contributed by atoms with Gasteiger partial charge in [0.15, 0.2) is 0 Å². The van der Waals surface area contributed by atoms with Crippen LogP contribution in [0.2, 0.25) is 5.02 Å². The van der Waals surface area contributed by atoms with Gasteiger partial charge in [0.05, 0.1) is 20.1 Å². The van der Waals surface area contributed by atoms with Crippen LogP contribution < -0.4 is 5.73 Å². The van der Waals surface area contributed by atoms with Gasteiger partial charge in [-0.05, 0) is 57.4 Å². The van der Waals surface area contributed by atoms with Crippen LogP contribution in [-0.4, -0.2) is 44.0 Å². The minimum absolute atomic E-state index is 0.250. The normalized spacial score (nSPS) is 25.6. The van der Waals surface area contributed by atoms with E-state index in [1.165, 1.54) is 29.5 Å². The summed E-state index contributed by atoms with van der Waals surface area (Å²) in [6.07, 6.45) is 9.64. The number of halogens is 1. The van der Waals surface area contributed by atoms with Crippen molar-refractivity contribution in [2.24, 2.45) is 10.7 Å². The van der Waals surface area contributed by atoms with Gasteiger partial charge in [-0.15, -0.1) is 0 Å². The summed E-state index contributed by atoms with van der Waals surface area (Å²) in [4.78, 5) is 4.43. The topological polar surface area (TPSA) is 47.6 Å². The van der Waals surface area contributed by atoms with E-state index < -0.39 is 0 Å². The summed E-state index contributed by atoms with van der Waals surface area (Å²) in [7, 11) is 2.30. The van der Waals surface area contributed by atoms with Crippen molar-refractivity contribution in [1.82, 2.24) is 0 Å². The van der Waals surface area contributed by atoms with Gasteiger partial charge in [-0.1, -0.05) is 31.5 Å². The molecule has 1 saturated heterocycles. The van der Waals surface area contributed by atoms with Gasteiger partial charge in [0.1, 0.15) is 6.04 Å². The summed E-state index contributed by atoms with van der Waals surface area (Å²) in [5.41, 5.74) is 10.6. The summed E-state index contributed by atoms with van der Waals surface area (Å²) >= 11 is 6.16. The van der Waals surface area contributed by atoms with Crippen LogP contribution in [0.3, 0.4) is 0 Å². The minimum Gasteiger partial charge on any atom is -0.402 e. The molecule has 5 heteroatoms. The van der Waals surface area contributed by atoms with Crippen molar-refractivity contribution in [2.75, 3.05) is 33.4 Å². The highest BCUT2D eigenvalue weighted by molar-refractivity contribution is 6.30. The molecule has 0 saturated carbocycles. The molecule has 3 rings (SSSR count). The Hall–Kier alpha value is -1.62. The highest BCUT2D eigenvalue weighted by Crippen LogP contribution is 2.37. The molecule has 2 aliphatic rings. The van der Waals surface area contributed by atoms with Gasteiger partial charge < -0.3 is 15.0 Å². The second kappa shape index (κ2) is 13.6. The zero-order valence-corrected chi connectivity index (χ0v) is 20.5. The molecule has 168 valence electrons. The minimum atomic E-state index is 0.250. The number of aryl methyl sites for hydroxylation is 1. The van der Waals surface area contributed by atoms with E-state index >= 15 is 0 Å². The van der Waals surface area contributed by atoms with Crippen molar-refractivity contribution in [3.8, 4) is 0 Å². The quantitative estimate of drug-likeness (QED) is 0.575. The van der Waals surface area contributed by atoms with E-state index in [4.69, 9.17) is 22.1 Å². The number of rotatable bonds is 3. The molecule has 0 spiro atoms. The third-order valence-corrected chi connectivity index (χ3v) is 5.63. The maximum absolute atomic E-state index is 6.16. The molecule has 1 aromatic rings. The third-order valence-electron chi connectivity index (χ3n) is 5.39. The first-order chi connectivity index (χ1) is 14.3. The Morgan fingerprint density at radius 3 is 2.47 bits per heavy atom. The number of likely N-dealkylation sites (N-methyl/N-ethyl adjacent to an activating group) is 1. The summed E-state index contributed by atoms with van der Waals surface area (Å²) < 4.78 is 5.82. The standard InChI is InChI=1S/C19H27ClN3.C4H8O.C2H6/c1-14-12-17(20)6-7-18(14)19-15(2)13-22-9-5-10-23(19,4)11-8-16(3)21;1-2-4-5-3-1;1-2/h6-9,12-13,19H,5,10-11,21H2,1-4H3;1-4H2;1-2H3/q+1;;/b15-13+,16-8+,22-9?;;. The van der Waals surface area contributed by atoms with Gasteiger partial charge in [-0.3, -0.25) is 4.99 Å². The van der Waals surface area contributed by atoms with Crippen molar-refractivity contribution in [2.45, 2.75) is 59.9 Å². The molecular weight excluding hydrogens is 394 g/mol. The average Bonchev–Trinajstić information content (AvgIpc) is 3.29. The number of quaternary nitrogens is 1. The number of benzene rings is 1. The fraction of sp³-hybridized carbons (Fsp3) is 0.560. The highest BCUT2D eigenvalue weighted by Gasteiger charge is 2.35. The van der Waals surface area contributed by atoms with Crippen molar-refractivity contribution < 1.29 is 9.22 Å². The molecule has 0 amide bonds. The number of hydrogen-bond donors (Lipinski definition) is 1. The largest absolute Gasteiger partial charge is 0.402 e. The van der Waals surface area contributed by atoms with Crippen LogP contribution in [-0.2, 0) is 4.74 Å². The van der Waals surface area contributed by atoms with Crippen LogP contribution >= 0.6 is 11.6 Å². The van der Waals surface area contributed by atoms with Gasteiger partial charge in [-0.2, -0.15) is 0 Å². The molecule has 0 aromatic heterocycles. The number of allylic oxidation sites excluding steroid dienone is 1. The van der Waals surface area contributed by atoms with Gasteiger partial charge in [-0.25, -0.2) is 0 Å². The van der Waals surface area contributed by atoms with Gasteiger partial charge in [0, 0.05) is 53.9 Å². The maximum atomic E-state index is 6.16. The van der Waals surface area contributed by atoms with E-state index in [-0.39, 0.29) is 6.04 Å².